The summed E-state index contributed by atoms with van der Waals surface area (Å²) in [5.74, 6) is -0.229. The predicted octanol–water partition coefficient (Wildman–Crippen LogP) is 2.36. The Labute approximate surface area is 154 Å². The van der Waals surface area contributed by atoms with E-state index in [4.69, 9.17) is 0 Å². The van der Waals surface area contributed by atoms with E-state index in [2.05, 4.69) is 0 Å². The number of nitrogens with zero attached hydrogens (tertiary/aromatic N) is 1. The number of sulfone groups is 1. The highest BCUT2D eigenvalue weighted by Gasteiger charge is 2.32. The number of aromatic hydroxyl groups is 1. The minimum absolute atomic E-state index is 0.0148. The Morgan fingerprint density at radius 3 is 2.35 bits per heavy atom. The fourth-order valence-electron chi connectivity index (χ4n) is 3.19. The topological polar surface area (TPSA) is 91.8 Å². The molecule has 0 unspecified atom stereocenters. The second-order valence-electron chi connectivity index (χ2n) is 6.28. The summed E-state index contributed by atoms with van der Waals surface area (Å²) in [7, 11) is -6.97. The molecule has 0 aromatic heterocycles. The maximum atomic E-state index is 12.6. The van der Waals surface area contributed by atoms with Crippen LogP contribution in [0.15, 0.2) is 58.3 Å². The van der Waals surface area contributed by atoms with Crippen LogP contribution in [0, 0.1) is 0 Å². The molecular weight excluding hydrogens is 374 g/mol. The second-order valence-corrected chi connectivity index (χ2v) is 10.5. The number of rotatable bonds is 5. The molecule has 0 radical (unpaired) electrons. The number of phenolic OH excluding ortho intramolecular Hbond substituents is 1. The van der Waals surface area contributed by atoms with Gasteiger partial charge in [-0.2, -0.15) is 0 Å². The Hall–Kier alpha value is -1.90. The van der Waals surface area contributed by atoms with Gasteiger partial charge in [0.05, 0.1) is 15.5 Å². The van der Waals surface area contributed by atoms with Crippen LogP contribution < -0.4 is 0 Å². The first-order valence-corrected chi connectivity index (χ1v) is 11.5. The van der Waals surface area contributed by atoms with Crippen molar-refractivity contribution in [3.8, 4) is 5.75 Å². The summed E-state index contributed by atoms with van der Waals surface area (Å²) in [6, 6.07) is 12.3. The Morgan fingerprint density at radius 1 is 1.04 bits per heavy atom. The van der Waals surface area contributed by atoms with Crippen molar-refractivity contribution < 1.29 is 21.9 Å². The van der Waals surface area contributed by atoms with Gasteiger partial charge in [0.25, 0.3) is 0 Å². The molecule has 140 valence electrons. The fourth-order valence-corrected chi connectivity index (χ4v) is 5.65. The lowest BCUT2D eigenvalue weighted by Crippen LogP contribution is -2.29. The number of phenols is 1. The summed E-state index contributed by atoms with van der Waals surface area (Å²) < 4.78 is 50.7. The van der Waals surface area contributed by atoms with Gasteiger partial charge in [-0.1, -0.05) is 24.3 Å². The first-order chi connectivity index (χ1) is 12.3. The van der Waals surface area contributed by atoms with E-state index in [1.807, 2.05) is 0 Å². The summed E-state index contributed by atoms with van der Waals surface area (Å²) in [6.07, 6.45) is 0.595. The Kier molecular flexibility index (Phi) is 5.09. The van der Waals surface area contributed by atoms with E-state index in [9.17, 15) is 21.9 Å². The molecule has 1 heterocycles. The first kappa shape index (κ1) is 18.9. The predicted molar refractivity (Wildman–Crippen MR) is 98.4 cm³/mol. The van der Waals surface area contributed by atoms with Crippen LogP contribution in [0.3, 0.4) is 0 Å². The van der Waals surface area contributed by atoms with Crippen molar-refractivity contribution in [3.05, 3.63) is 54.1 Å². The van der Waals surface area contributed by atoms with Gasteiger partial charge in [-0.05, 0) is 43.2 Å². The molecule has 6 nitrogen and oxygen atoms in total. The molecule has 0 spiro atoms. The van der Waals surface area contributed by atoms with Gasteiger partial charge in [0.1, 0.15) is 5.75 Å². The van der Waals surface area contributed by atoms with E-state index < -0.39 is 19.9 Å². The van der Waals surface area contributed by atoms with Crippen LogP contribution in [-0.2, 0) is 19.9 Å². The number of sulfonamides is 1. The molecule has 8 heteroatoms. The highest BCUT2D eigenvalue weighted by molar-refractivity contribution is 7.91. The Balaban J connectivity index is 1.88. The van der Waals surface area contributed by atoms with Gasteiger partial charge in [0, 0.05) is 19.0 Å². The monoisotopic (exact) mass is 395 g/mol. The Bertz CT molecular complexity index is 1000. The Morgan fingerprint density at radius 2 is 1.73 bits per heavy atom. The van der Waals surface area contributed by atoms with Crippen LogP contribution in [0.1, 0.15) is 24.8 Å². The molecular formula is C18H21NO5S2. The quantitative estimate of drug-likeness (QED) is 0.839. The van der Waals surface area contributed by atoms with Gasteiger partial charge in [-0.3, -0.25) is 0 Å². The molecule has 1 atom stereocenters. The van der Waals surface area contributed by atoms with Crippen molar-refractivity contribution in [2.45, 2.75) is 29.1 Å². The highest BCUT2D eigenvalue weighted by Crippen LogP contribution is 2.36. The van der Waals surface area contributed by atoms with Gasteiger partial charge < -0.3 is 5.11 Å². The standard InChI is InChI=1S/C18H21NO5S2/c1-2-25(21,22)19-11-10-14(13-19)17-9-8-16(12-18(17)20)26(23,24)15-6-4-3-5-7-15/h3-9,12,14,20H,2,10-11,13H2,1H3/t14-/m1/s1. The minimum atomic E-state index is -3.71. The molecule has 1 saturated heterocycles. The van der Waals surface area contributed by atoms with E-state index >= 15 is 0 Å². The smallest absolute Gasteiger partial charge is 0.213 e. The zero-order valence-corrected chi connectivity index (χ0v) is 16.0. The van der Waals surface area contributed by atoms with Crippen LogP contribution in [0.4, 0.5) is 0 Å². The van der Waals surface area contributed by atoms with Crippen LogP contribution >= 0.6 is 0 Å². The average Bonchev–Trinajstić information content (AvgIpc) is 3.13. The van der Waals surface area contributed by atoms with Gasteiger partial charge in [-0.15, -0.1) is 0 Å². The zero-order valence-electron chi connectivity index (χ0n) is 14.4. The van der Waals surface area contributed by atoms with Crippen molar-refractivity contribution >= 4 is 19.9 Å². The third-order valence-electron chi connectivity index (χ3n) is 4.71. The largest absolute Gasteiger partial charge is 0.508 e. The number of hydrogen-bond donors (Lipinski definition) is 1. The molecule has 3 rings (SSSR count). The van der Waals surface area contributed by atoms with Crippen molar-refractivity contribution in [1.82, 2.24) is 4.31 Å². The molecule has 0 aliphatic carbocycles. The van der Waals surface area contributed by atoms with E-state index in [1.54, 1.807) is 31.2 Å². The third-order valence-corrected chi connectivity index (χ3v) is 8.33. The molecule has 0 amide bonds. The van der Waals surface area contributed by atoms with Gasteiger partial charge in [0.2, 0.25) is 19.9 Å². The van der Waals surface area contributed by atoms with Gasteiger partial charge >= 0.3 is 0 Å². The third kappa shape index (κ3) is 3.49. The SMILES string of the molecule is CCS(=O)(=O)N1CC[C@@H](c2ccc(S(=O)(=O)c3ccccc3)cc2O)C1. The van der Waals surface area contributed by atoms with E-state index in [0.717, 1.165) is 0 Å². The molecule has 2 aromatic rings. The van der Waals surface area contributed by atoms with Crippen molar-refractivity contribution in [1.29, 1.82) is 0 Å². The summed E-state index contributed by atoms with van der Waals surface area (Å²) >= 11 is 0. The van der Waals surface area contributed by atoms with Crippen LogP contribution in [0.5, 0.6) is 5.75 Å². The first-order valence-electron chi connectivity index (χ1n) is 8.36. The summed E-state index contributed by atoms with van der Waals surface area (Å²) in [6.45, 7) is 2.31. The van der Waals surface area contributed by atoms with Crippen molar-refractivity contribution in [2.75, 3.05) is 18.8 Å². The van der Waals surface area contributed by atoms with E-state index in [1.165, 1.54) is 28.6 Å². The van der Waals surface area contributed by atoms with E-state index in [0.29, 0.717) is 25.1 Å². The summed E-state index contributed by atoms with van der Waals surface area (Å²) in [4.78, 5) is 0.175. The van der Waals surface area contributed by atoms with Crippen molar-refractivity contribution in [2.24, 2.45) is 0 Å². The molecule has 1 aliphatic heterocycles. The molecule has 2 aromatic carbocycles. The summed E-state index contributed by atoms with van der Waals surface area (Å²) in [5.41, 5.74) is 0.575. The maximum Gasteiger partial charge on any atom is 0.213 e. The van der Waals surface area contributed by atoms with Crippen LogP contribution in [0.2, 0.25) is 0 Å². The highest BCUT2D eigenvalue weighted by atomic mass is 32.2. The zero-order chi connectivity index (χ0) is 18.9. The second kappa shape index (κ2) is 7.02. The number of benzene rings is 2. The maximum absolute atomic E-state index is 12.6. The van der Waals surface area contributed by atoms with E-state index in [-0.39, 0.29) is 27.2 Å². The lowest BCUT2D eigenvalue weighted by molar-refractivity contribution is 0.452. The normalized spacial score (nSPS) is 18.9. The molecule has 1 aliphatic rings. The molecule has 0 saturated carbocycles. The average molecular weight is 396 g/mol. The van der Waals surface area contributed by atoms with Crippen LogP contribution in [0.25, 0.3) is 0 Å². The molecule has 0 bridgehead atoms. The van der Waals surface area contributed by atoms with Gasteiger partial charge in [0.15, 0.2) is 0 Å². The van der Waals surface area contributed by atoms with Crippen molar-refractivity contribution in [3.63, 3.8) is 0 Å². The lowest BCUT2D eigenvalue weighted by atomic mass is 9.98. The molecule has 1 fully saturated rings. The minimum Gasteiger partial charge on any atom is -0.508 e. The lowest BCUT2D eigenvalue weighted by Gasteiger charge is -2.16. The van der Waals surface area contributed by atoms with Gasteiger partial charge in [-0.25, -0.2) is 21.1 Å². The van der Waals surface area contributed by atoms with Crippen LogP contribution in [-0.4, -0.2) is 45.1 Å². The molecule has 26 heavy (non-hydrogen) atoms. The fraction of sp³-hybridized carbons (Fsp3) is 0.333. The number of hydrogen-bond acceptors (Lipinski definition) is 5. The molecule has 1 N–H and O–H groups in total. The summed E-state index contributed by atoms with van der Waals surface area (Å²) in [5, 5.41) is 10.4.